The molecule has 30 heavy (non-hydrogen) atoms. The van der Waals surface area contributed by atoms with Gasteiger partial charge in [0, 0.05) is 17.4 Å². The molecule has 0 fully saturated rings. The number of rotatable bonds is 3. The maximum absolute atomic E-state index is 13.4. The molecule has 0 radical (unpaired) electrons. The molecule has 8 heteroatoms. The van der Waals surface area contributed by atoms with Crippen LogP contribution in [0.15, 0.2) is 74.8 Å². The summed E-state index contributed by atoms with van der Waals surface area (Å²) in [6.45, 7) is 0. The van der Waals surface area contributed by atoms with E-state index in [2.05, 4.69) is 0 Å². The Labute approximate surface area is 187 Å². The molecule has 0 aliphatic carbocycles. The lowest BCUT2D eigenvalue weighted by Gasteiger charge is -2.14. The number of hydrogen-bond donors (Lipinski definition) is 0. The van der Waals surface area contributed by atoms with Gasteiger partial charge in [0.2, 0.25) is 5.43 Å². The molecule has 3 aromatic carbocycles. The minimum Gasteiger partial charge on any atom is -0.455 e. The standard InChI is InChI=1S/C22H13Cl3O4S/c1-30(27,28)13-8-6-12(7-9-13)22-19(18-15(23)10-11-16(24)20(18)25)21(26)14-4-2-3-5-17(14)29-22/h2-11H,1H3. The molecule has 0 amide bonds. The van der Waals surface area contributed by atoms with E-state index >= 15 is 0 Å². The third-order valence-electron chi connectivity index (χ3n) is 4.64. The van der Waals surface area contributed by atoms with Gasteiger partial charge in [-0.2, -0.15) is 0 Å². The Balaban J connectivity index is 2.11. The van der Waals surface area contributed by atoms with Gasteiger partial charge in [0.15, 0.2) is 9.84 Å². The minimum absolute atomic E-state index is 0.126. The van der Waals surface area contributed by atoms with Crippen molar-refractivity contribution in [3.8, 4) is 22.5 Å². The minimum atomic E-state index is -3.38. The van der Waals surface area contributed by atoms with Crippen LogP contribution in [0.1, 0.15) is 0 Å². The Morgan fingerprint density at radius 3 is 2.10 bits per heavy atom. The highest BCUT2D eigenvalue weighted by molar-refractivity contribution is 7.90. The third-order valence-corrected chi connectivity index (χ3v) is 6.88. The molecule has 0 bridgehead atoms. The summed E-state index contributed by atoms with van der Waals surface area (Å²) in [7, 11) is -3.38. The van der Waals surface area contributed by atoms with Gasteiger partial charge < -0.3 is 4.42 Å². The normalized spacial score (nSPS) is 11.7. The lowest BCUT2D eigenvalue weighted by atomic mass is 9.98. The van der Waals surface area contributed by atoms with Gasteiger partial charge in [-0.25, -0.2) is 8.42 Å². The first-order chi connectivity index (χ1) is 14.2. The van der Waals surface area contributed by atoms with Crippen LogP contribution < -0.4 is 5.43 Å². The topological polar surface area (TPSA) is 64.3 Å². The smallest absolute Gasteiger partial charge is 0.201 e. The molecule has 4 aromatic rings. The number of hydrogen-bond acceptors (Lipinski definition) is 4. The zero-order valence-corrected chi connectivity index (χ0v) is 18.5. The molecule has 0 aliphatic rings. The molecule has 4 nitrogen and oxygen atoms in total. The molecule has 0 spiro atoms. The first-order valence-electron chi connectivity index (χ1n) is 8.68. The maximum Gasteiger partial charge on any atom is 0.201 e. The zero-order valence-electron chi connectivity index (χ0n) is 15.4. The van der Waals surface area contributed by atoms with E-state index in [-0.39, 0.29) is 42.3 Å². The molecule has 0 saturated heterocycles. The highest BCUT2D eigenvalue weighted by Crippen LogP contribution is 2.42. The SMILES string of the molecule is CS(=O)(=O)c1ccc(-c2oc3ccccc3c(=O)c2-c2c(Cl)ccc(Cl)c2Cl)cc1. The molecule has 0 N–H and O–H groups in total. The van der Waals surface area contributed by atoms with Crippen molar-refractivity contribution in [1.29, 1.82) is 0 Å². The second-order valence-electron chi connectivity index (χ2n) is 6.65. The fourth-order valence-corrected chi connectivity index (χ4v) is 4.53. The monoisotopic (exact) mass is 478 g/mol. The van der Waals surface area contributed by atoms with Crippen LogP contribution >= 0.6 is 34.8 Å². The van der Waals surface area contributed by atoms with Crippen LogP contribution in [0.5, 0.6) is 0 Å². The van der Waals surface area contributed by atoms with Crippen LogP contribution in [0, 0.1) is 0 Å². The van der Waals surface area contributed by atoms with Crippen molar-refractivity contribution in [1.82, 2.24) is 0 Å². The van der Waals surface area contributed by atoms with Gasteiger partial charge in [0.25, 0.3) is 0 Å². The van der Waals surface area contributed by atoms with Crippen molar-refractivity contribution in [2.75, 3.05) is 6.26 Å². The molecule has 1 aromatic heterocycles. The van der Waals surface area contributed by atoms with Gasteiger partial charge in [0.1, 0.15) is 11.3 Å². The number of para-hydroxylation sites is 1. The Kier molecular flexibility index (Phi) is 5.41. The van der Waals surface area contributed by atoms with Gasteiger partial charge in [-0.15, -0.1) is 0 Å². The van der Waals surface area contributed by atoms with Crippen LogP contribution in [-0.4, -0.2) is 14.7 Å². The van der Waals surface area contributed by atoms with Crippen LogP contribution in [0.4, 0.5) is 0 Å². The van der Waals surface area contributed by atoms with E-state index in [4.69, 9.17) is 39.2 Å². The van der Waals surface area contributed by atoms with E-state index in [0.717, 1.165) is 6.26 Å². The maximum atomic E-state index is 13.4. The highest BCUT2D eigenvalue weighted by Gasteiger charge is 2.23. The number of benzene rings is 3. The first-order valence-corrected chi connectivity index (χ1v) is 11.7. The van der Waals surface area contributed by atoms with Gasteiger partial charge in [-0.1, -0.05) is 46.9 Å². The van der Waals surface area contributed by atoms with E-state index in [1.165, 1.54) is 12.1 Å². The number of halogens is 3. The van der Waals surface area contributed by atoms with Crippen molar-refractivity contribution in [3.05, 3.63) is 86.0 Å². The lowest BCUT2D eigenvalue weighted by molar-refractivity contribution is 0.601. The van der Waals surface area contributed by atoms with E-state index in [9.17, 15) is 13.2 Å². The predicted octanol–water partition coefficient (Wildman–Crippen LogP) is 6.49. The van der Waals surface area contributed by atoms with Gasteiger partial charge in [-0.05, 0) is 48.5 Å². The molecule has 0 atom stereocenters. The summed E-state index contributed by atoms with van der Waals surface area (Å²) in [5.41, 5.74) is 0.950. The molecule has 1 heterocycles. The summed E-state index contributed by atoms with van der Waals surface area (Å²) in [6.07, 6.45) is 1.12. The quantitative estimate of drug-likeness (QED) is 0.315. The average Bonchev–Trinajstić information content (AvgIpc) is 2.72. The zero-order chi connectivity index (χ0) is 21.6. The molecule has 0 aliphatic heterocycles. The fraction of sp³-hybridized carbons (Fsp3) is 0.0455. The van der Waals surface area contributed by atoms with Crippen molar-refractivity contribution >= 4 is 55.6 Å². The van der Waals surface area contributed by atoms with Gasteiger partial charge >= 0.3 is 0 Å². The Morgan fingerprint density at radius 1 is 0.800 bits per heavy atom. The van der Waals surface area contributed by atoms with Crippen LogP contribution in [0.25, 0.3) is 33.4 Å². The Hall–Kier alpha value is -2.31. The third kappa shape index (κ3) is 3.63. The molecule has 152 valence electrons. The van der Waals surface area contributed by atoms with E-state index in [0.29, 0.717) is 16.5 Å². The van der Waals surface area contributed by atoms with E-state index in [1.807, 2.05) is 0 Å². The van der Waals surface area contributed by atoms with Gasteiger partial charge in [-0.3, -0.25) is 4.79 Å². The van der Waals surface area contributed by atoms with Crippen LogP contribution in [-0.2, 0) is 9.84 Å². The molecular formula is C22H13Cl3O4S. The van der Waals surface area contributed by atoms with Crippen molar-refractivity contribution in [2.24, 2.45) is 0 Å². The van der Waals surface area contributed by atoms with Crippen molar-refractivity contribution in [3.63, 3.8) is 0 Å². The number of sulfone groups is 1. The van der Waals surface area contributed by atoms with Crippen LogP contribution in [0.3, 0.4) is 0 Å². The molecule has 0 saturated carbocycles. The highest BCUT2D eigenvalue weighted by atomic mass is 35.5. The van der Waals surface area contributed by atoms with Crippen molar-refractivity contribution < 1.29 is 12.8 Å². The summed E-state index contributed by atoms with van der Waals surface area (Å²) < 4.78 is 29.7. The van der Waals surface area contributed by atoms with Crippen LogP contribution in [0.2, 0.25) is 15.1 Å². The van der Waals surface area contributed by atoms with E-state index < -0.39 is 9.84 Å². The van der Waals surface area contributed by atoms with E-state index in [1.54, 1.807) is 48.5 Å². The summed E-state index contributed by atoms with van der Waals surface area (Å²) in [6, 6.07) is 15.9. The van der Waals surface area contributed by atoms with Gasteiger partial charge in [0.05, 0.1) is 30.9 Å². The molecule has 4 rings (SSSR count). The van der Waals surface area contributed by atoms with Crippen molar-refractivity contribution in [2.45, 2.75) is 4.90 Å². The largest absolute Gasteiger partial charge is 0.455 e. The second kappa shape index (κ2) is 7.75. The summed E-state index contributed by atoms with van der Waals surface area (Å²) in [5, 5.41) is 0.958. The summed E-state index contributed by atoms with van der Waals surface area (Å²) in [5.74, 6) is 0.213. The average molecular weight is 480 g/mol. The Bertz CT molecular complexity index is 1460. The number of fused-ring (bicyclic) bond motifs is 1. The lowest BCUT2D eigenvalue weighted by Crippen LogP contribution is -2.08. The summed E-state index contributed by atoms with van der Waals surface area (Å²) >= 11 is 19.0. The molecule has 0 unspecified atom stereocenters. The molecular weight excluding hydrogens is 467 g/mol. The fourth-order valence-electron chi connectivity index (χ4n) is 3.18. The summed E-state index contributed by atoms with van der Waals surface area (Å²) in [4.78, 5) is 13.6. The Morgan fingerprint density at radius 2 is 1.43 bits per heavy atom. The second-order valence-corrected chi connectivity index (χ2v) is 9.85. The first kappa shape index (κ1) is 20.9. The predicted molar refractivity (Wildman–Crippen MR) is 121 cm³/mol.